The first-order valence-electron chi connectivity index (χ1n) is 6.63. The van der Waals surface area contributed by atoms with Crippen molar-refractivity contribution in [2.24, 2.45) is 4.99 Å². The van der Waals surface area contributed by atoms with Crippen LogP contribution in [0.5, 0.6) is 0 Å². The van der Waals surface area contributed by atoms with Crippen LogP contribution in [0, 0.1) is 0 Å². The predicted molar refractivity (Wildman–Crippen MR) is 77.7 cm³/mol. The summed E-state index contributed by atoms with van der Waals surface area (Å²) in [6, 6.07) is 15.5. The summed E-state index contributed by atoms with van der Waals surface area (Å²) in [6.07, 6.45) is 1.36. The first-order chi connectivity index (χ1) is 9.60. The zero-order valence-electron chi connectivity index (χ0n) is 11.6. The molecule has 0 saturated heterocycles. The average Bonchev–Trinajstić information content (AvgIpc) is 2.72. The molecule has 0 spiro atoms. The van der Waals surface area contributed by atoms with Crippen molar-refractivity contribution in [3.8, 4) is 0 Å². The van der Waals surface area contributed by atoms with E-state index in [2.05, 4.69) is 4.98 Å². The molecule has 1 aliphatic heterocycles. The summed E-state index contributed by atoms with van der Waals surface area (Å²) in [5.74, 6) is 0. The Bertz CT molecular complexity index is 623. The van der Waals surface area contributed by atoms with Crippen molar-refractivity contribution in [2.75, 3.05) is 0 Å². The highest BCUT2D eigenvalue weighted by Crippen LogP contribution is 2.36. The van der Waals surface area contributed by atoms with Crippen molar-refractivity contribution < 1.29 is 5.21 Å². The van der Waals surface area contributed by atoms with Gasteiger partial charge in [-0.05, 0) is 31.5 Å². The minimum atomic E-state index is -0.575. The Morgan fingerprint density at radius 1 is 1.05 bits per heavy atom. The molecule has 0 radical (unpaired) electrons. The molecule has 2 heterocycles. The molecule has 1 atom stereocenters. The van der Waals surface area contributed by atoms with Gasteiger partial charge in [0.25, 0.3) is 0 Å². The van der Waals surface area contributed by atoms with Crippen molar-refractivity contribution in [3.05, 3.63) is 66.0 Å². The molecule has 2 aromatic rings. The number of hydrogen-bond donors (Lipinski definition) is 1. The predicted octanol–water partition coefficient (Wildman–Crippen LogP) is 3.05. The number of pyridine rings is 1. The van der Waals surface area contributed by atoms with Crippen LogP contribution in [0.15, 0.2) is 59.7 Å². The minimum absolute atomic E-state index is 0.386. The molecule has 4 heteroatoms. The van der Waals surface area contributed by atoms with Crippen molar-refractivity contribution in [1.82, 2.24) is 10.0 Å². The van der Waals surface area contributed by atoms with Gasteiger partial charge in [0, 0.05) is 6.20 Å². The fourth-order valence-corrected chi connectivity index (χ4v) is 2.47. The Morgan fingerprint density at radius 3 is 2.40 bits per heavy atom. The number of nitrogens with zero attached hydrogens (tertiary/aromatic N) is 3. The molecule has 1 aromatic heterocycles. The van der Waals surface area contributed by atoms with Crippen LogP contribution in [0.4, 0.5) is 0 Å². The van der Waals surface area contributed by atoms with Gasteiger partial charge in [-0.25, -0.2) is 0 Å². The van der Waals surface area contributed by atoms with E-state index in [1.165, 1.54) is 5.06 Å². The van der Waals surface area contributed by atoms with Gasteiger partial charge in [-0.1, -0.05) is 36.4 Å². The standard InChI is InChI=1S/C16H17N3O/c1-16(2)14(13-10-6-7-11-17-13)18-15(19(16)20)12-8-4-3-5-9-12/h3-11,15,20H,1-2H3/t15-/m1/s1. The maximum absolute atomic E-state index is 10.5. The Labute approximate surface area is 118 Å². The first kappa shape index (κ1) is 13.0. The second-order valence-electron chi connectivity index (χ2n) is 5.38. The maximum atomic E-state index is 10.5. The lowest BCUT2D eigenvalue weighted by Crippen LogP contribution is -2.44. The van der Waals surface area contributed by atoms with Gasteiger partial charge in [-0.3, -0.25) is 9.98 Å². The van der Waals surface area contributed by atoms with Crippen LogP contribution in [-0.2, 0) is 0 Å². The lowest BCUT2D eigenvalue weighted by Gasteiger charge is -2.30. The van der Waals surface area contributed by atoms with Gasteiger partial charge in [0.05, 0.1) is 16.9 Å². The summed E-state index contributed by atoms with van der Waals surface area (Å²) in [4.78, 5) is 9.04. The van der Waals surface area contributed by atoms with Gasteiger partial charge in [0.1, 0.15) is 0 Å². The molecule has 1 N–H and O–H groups in total. The number of hydroxylamine groups is 2. The molecular formula is C16H17N3O. The third-order valence-electron chi connectivity index (χ3n) is 3.64. The van der Waals surface area contributed by atoms with Crippen LogP contribution in [0.3, 0.4) is 0 Å². The number of aromatic nitrogens is 1. The number of hydrogen-bond acceptors (Lipinski definition) is 4. The van der Waals surface area contributed by atoms with Crippen molar-refractivity contribution >= 4 is 5.71 Å². The van der Waals surface area contributed by atoms with Crippen molar-refractivity contribution in [2.45, 2.75) is 25.6 Å². The van der Waals surface area contributed by atoms with Gasteiger partial charge in [0.15, 0.2) is 6.17 Å². The summed E-state index contributed by atoms with van der Waals surface area (Å²) in [6.45, 7) is 3.90. The Balaban J connectivity index is 2.05. The van der Waals surface area contributed by atoms with Crippen LogP contribution in [0.1, 0.15) is 31.3 Å². The highest BCUT2D eigenvalue weighted by molar-refractivity contribution is 6.06. The fourth-order valence-electron chi connectivity index (χ4n) is 2.47. The first-order valence-corrected chi connectivity index (χ1v) is 6.63. The van der Waals surface area contributed by atoms with Gasteiger partial charge >= 0.3 is 0 Å². The van der Waals surface area contributed by atoms with Crippen LogP contribution in [0.25, 0.3) is 0 Å². The van der Waals surface area contributed by atoms with E-state index < -0.39 is 5.54 Å². The Hall–Kier alpha value is -2.04. The molecular weight excluding hydrogens is 250 g/mol. The van der Waals surface area contributed by atoms with Gasteiger partial charge in [0.2, 0.25) is 0 Å². The molecule has 0 bridgehead atoms. The lowest BCUT2D eigenvalue weighted by molar-refractivity contribution is -0.159. The fraction of sp³-hybridized carbons (Fsp3) is 0.250. The molecule has 1 aromatic carbocycles. The third-order valence-corrected chi connectivity index (χ3v) is 3.64. The maximum Gasteiger partial charge on any atom is 0.151 e. The lowest BCUT2D eigenvalue weighted by atomic mass is 9.96. The molecule has 0 amide bonds. The van der Waals surface area contributed by atoms with E-state index in [1.54, 1.807) is 6.20 Å². The normalized spacial score (nSPS) is 21.8. The molecule has 0 saturated carbocycles. The number of benzene rings is 1. The van der Waals surface area contributed by atoms with Gasteiger partial charge in [-0.15, -0.1) is 0 Å². The zero-order valence-corrected chi connectivity index (χ0v) is 11.6. The zero-order chi connectivity index (χ0) is 14.2. The largest absolute Gasteiger partial charge is 0.311 e. The summed E-state index contributed by atoms with van der Waals surface area (Å²) in [5, 5.41) is 11.8. The van der Waals surface area contributed by atoms with E-state index in [0.717, 1.165) is 17.0 Å². The topological polar surface area (TPSA) is 48.7 Å². The van der Waals surface area contributed by atoms with Crippen molar-refractivity contribution in [1.29, 1.82) is 0 Å². The van der Waals surface area contributed by atoms with E-state index in [4.69, 9.17) is 4.99 Å². The van der Waals surface area contributed by atoms with Crippen LogP contribution < -0.4 is 0 Å². The molecule has 0 aliphatic carbocycles. The van der Waals surface area contributed by atoms with E-state index >= 15 is 0 Å². The highest BCUT2D eigenvalue weighted by Gasteiger charge is 2.44. The van der Waals surface area contributed by atoms with Crippen LogP contribution >= 0.6 is 0 Å². The number of rotatable bonds is 2. The highest BCUT2D eigenvalue weighted by atomic mass is 16.5. The summed E-state index contributed by atoms with van der Waals surface area (Å²) in [7, 11) is 0. The molecule has 4 nitrogen and oxygen atoms in total. The van der Waals surface area contributed by atoms with E-state index in [0.29, 0.717) is 0 Å². The SMILES string of the molecule is CC1(C)C(c2ccccn2)=N[C@@H](c2ccccc2)N1O. The van der Waals surface area contributed by atoms with E-state index in [9.17, 15) is 5.21 Å². The number of aliphatic imine (C=N–C) groups is 1. The second-order valence-corrected chi connectivity index (χ2v) is 5.38. The quantitative estimate of drug-likeness (QED) is 0.909. The third kappa shape index (κ3) is 2.03. The average molecular weight is 267 g/mol. The molecule has 1 aliphatic rings. The van der Waals surface area contributed by atoms with Crippen LogP contribution in [0.2, 0.25) is 0 Å². The van der Waals surface area contributed by atoms with Gasteiger partial charge in [-0.2, -0.15) is 5.06 Å². The summed E-state index contributed by atoms with van der Waals surface area (Å²) >= 11 is 0. The van der Waals surface area contributed by atoms with E-state index in [-0.39, 0.29) is 6.17 Å². The summed E-state index contributed by atoms with van der Waals surface area (Å²) in [5.41, 5.74) is 1.99. The minimum Gasteiger partial charge on any atom is -0.311 e. The monoisotopic (exact) mass is 267 g/mol. The van der Waals surface area contributed by atoms with Crippen LogP contribution in [-0.4, -0.2) is 26.5 Å². The molecule has 0 fully saturated rings. The molecule has 102 valence electrons. The Kier molecular flexibility index (Phi) is 3.12. The Morgan fingerprint density at radius 2 is 1.75 bits per heavy atom. The smallest absolute Gasteiger partial charge is 0.151 e. The van der Waals surface area contributed by atoms with Gasteiger partial charge < -0.3 is 5.21 Å². The molecule has 20 heavy (non-hydrogen) atoms. The molecule has 0 unspecified atom stereocenters. The van der Waals surface area contributed by atoms with Crippen molar-refractivity contribution in [3.63, 3.8) is 0 Å². The second kappa shape index (κ2) is 4.81. The van der Waals surface area contributed by atoms with E-state index in [1.807, 2.05) is 62.4 Å². The molecule has 3 rings (SSSR count). The summed E-state index contributed by atoms with van der Waals surface area (Å²) < 4.78 is 0.